The van der Waals surface area contributed by atoms with E-state index in [1.165, 1.54) is 0 Å². The van der Waals surface area contributed by atoms with Crippen molar-refractivity contribution in [3.8, 4) is 0 Å². The van der Waals surface area contributed by atoms with Crippen molar-refractivity contribution in [2.24, 2.45) is 0 Å². The smallest absolute Gasteiger partial charge is 0.115 e. The van der Waals surface area contributed by atoms with E-state index in [4.69, 9.17) is 4.74 Å². The predicted octanol–water partition coefficient (Wildman–Crippen LogP) is 1.29. The quantitative estimate of drug-likeness (QED) is 0.668. The highest BCUT2D eigenvalue weighted by atomic mass is 16.6. The van der Waals surface area contributed by atoms with Gasteiger partial charge in [-0.25, -0.2) is 0 Å². The summed E-state index contributed by atoms with van der Waals surface area (Å²) in [5.74, 6) is 0. The second-order valence-electron chi connectivity index (χ2n) is 3.34. The van der Waals surface area contributed by atoms with E-state index in [2.05, 4.69) is 0 Å². The minimum Gasteiger partial charge on any atom is -0.383 e. The third kappa shape index (κ3) is 1.24. The Morgan fingerprint density at radius 1 is 1.42 bits per heavy atom. The Morgan fingerprint density at radius 2 is 2.00 bits per heavy atom. The molecule has 0 spiro atoms. The lowest BCUT2D eigenvalue weighted by Crippen LogP contribution is -2.27. The first-order valence-electron chi connectivity index (χ1n) is 4.11. The zero-order chi connectivity index (χ0) is 8.60. The van der Waals surface area contributed by atoms with Crippen molar-refractivity contribution in [2.75, 3.05) is 6.61 Å². The molecule has 1 N–H and O–H groups in total. The molecule has 1 fully saturated rings. The first kappa shape index (κ1) is 7.77. The Bertz CT molecular complexity index is 262. The Hall–Kier alpha value is -0.860. The van der Waals surface area contributed by atoms with E-state index in [9.17, 15) is 5.11 Å². The van der Waals surface area contributed by atoms with Crippen LogP contribution in [0, 0.1) is 0 Å². The molecular weight excluding hydrogens is 152 g/mol. The maximum atomic E-state index is 10.0. The minimum absolute atomic E-state index is 0.0140. The highest BCUT2D eigenvalue weighted by Crippen LogP contribution is 2.33. The van der Waals surface area contributed by atoms with E-state index in [0.717, 1.165) is 5.56 Å². The van der Waals surface area contributed by atoms with Gasteiger partial charge in [0.25, 0.3) is 0 Å². The average molecular weight is 164 g/mol. The molecule has 1 aromatic rings. The van der Waals surface area contributed by atoms with E-state index >= 15 is 0 Å². The molecule has 0 amide bonds. The summed E-state index contributed by atoms with van der Waals surface area (Å²) in [6.45, 7) is 2.46. The second kappa shape index (κ2) is 2.57. The number of benzene rings is 1. The zero-order valence-corrected chi connectivity index (χ0v) is 7.03. The van der Waals surface area contributed by atoms with Crippen molar-refractivity contribution >= 4 is 0 Å². The van der Waals surface area contributed by atoms with Gasteiger partial charge in [0, 0.05) is 0 Å². The topological polar surface area (TPSA) is 32.8 Å². The first-order chi connectivity index (χ1) is 5.71. The maximum absolute atomic E-state index is 10.0. The fourth-order valence-corrected chi connectivity index (χ4v) is 1.33. The van der Waals surface area contributed by atoms with Crippen LogP contribution in [0.5, 0.6) is 0 Å². The number of aliphatic hydroxyl groups is 1. The molecule has 1 aliphatic heterocycles. The van der Waals surface area contributed by atoms with Crippen LogP contribution in [0.4, 0.5) is 0 Å². The van der Waals surface area contributed by atoms with Crippen LogP contribution in [0.2, 0.25) is 0 Å². The molecule has 64 valence electrons. The number of epoxide rings is 1. The highest BCUT2D eigenvalue weighted by molar-refractivity contribution is 5.24. The summed E-state index contributed by atoms with van der Waals surface area (Å²) in [6, 6.07) is 9.62. The number of hydrogen-bond donors (Lipinski definition) is 1. The molecule has 1 saturated heterocycles. The van der Waals surface area contributed by atoms with Gasteiger partial charge in [-0.05, 0) is 12.5 Å². The van der Waals surface area contributed by atoms with Crippen LogP contribution >= 0.6 is 0 Å². The Kier molecular flexibility index (Phi) is 1.67. The number of rotatable bonds is 2. The first-order valence-corrected chi connectivity index (χ1v) is 4.11. The van der Waals surface area contributed by atoms with Crippen molar-refractivity contribution in [3.05, 3.63) is 35.9 Å². The van der Waals surface area contributed by atoms with Crippen molar-refractivity contribution in [2.45, 2.75) is 18.6 Å². The van der Waals surface area contributed by atoms with Crippen molar-refractivity contribution in [1.29, 1.82) is 0 Å². The lowest BCUT2D eigenvalue weighted by Gasteiger charge is -2.20. The van der Waals surface area contributed by atoms with Gasteiger partial charge in [-0.15, -0.1) is 0 Å². The molecule has 2 heteroatoms. The third-order valence-electron chi connectivity index (χ3n) is 2.32. The summed E-state index contributed by atoms with van der Waals surface area (Å²) in [4.78, 5) is 0. The molecule has 0 aliphatic carbocycles. The molecule has 0 radical (unpaired) electrons. The van der Waals surface area contributed by atoms with E-state index < -0.39 is 5.60 Å². The molecule has 1 aliphatic rings. The average Bonchev–Trinajstić information content (AvgIpc) is 2.88. The van der Waals surface area contributed by atoms with Gasteiger partial charge in [0.2, 0.25) is 0 Å². The van der Waals surface area contributed by atoms with E-state index in [0.29, 0.717) is 6.61 Å². The fourth-order valence-electron chi connectivity index (χ4n) is 1.33. The van der Waals surface area contributed by atoms with Crippen molar-refractivity contribution in [1.82, 2.24) is 0 Å². The number of hydrogen-bond acceptors (Lipinski definition) is 2. The molecule has 0 aromatic heterocycles. The van der Waals surface area contributed by atoms with Crippen LogP contribution in [0.1, 0.15) is 12.5 Å². The van der Waals surface area contributed by atoms with Gasteiger partial charge in [-0.2, -0.15) is 0 Å². The normalized spacial score (nSPS) is 26.3. The SMILES string of the molecule is CC(O)(c1ccccc1)C1CO1. The van der Waals surface area contributed by atoms with Crippen LogP contribution < -0.4 is 0 Å². The number of ether oxygens (including phenoxy) is 1. The lowest BCUT2D eigenvalue weighted by atomic mass is 9.93. The van der Waals surface area contributed by atoms with Crippen molar-refractivity contribution in [3.63, 3.8) is 0 Å². The molecular formula is C10H12O2. The summed E-state index contributed by atoms with van der Waals surface area (Å²) in [7, 11) is 0. The maximum Gasteiger partial charge on any atom is 0.115 e. The summed E-state index contributed by atoms with van der Waals surface area (Å²) in [5.41, 5.74) is 0.105. The van der Waals surface area contributed by atoms with E-state index in [1.807, 2.05) is 30.3 Å². The van der Waals surface area contributed by atoms with Crippen LogP contribution in [-0.2, 0) is 10.3 Å². The molecule has 2 atom stereocenters. The van der Waals surface area contributed by atoms with Gasteiger partial charge in [-0.1, -0.05) is 30.3 Å². The Balaban J connectivity index is 2.28. The summed E-state index contributed by atoms with van der Waals surface area (Å²) in [6.07, 6.45) is -0.0140. The fraction of sp³-hybridized carbons (Fsp3) is 0.400. The van der Waals surface area contributed by atoms with Crippen LogP contribution in [-0.4, -0.2) is 17.8 Å². The largest absolute Gasteiger partial charge is 0.383 e. The van der Waals surface area contributed by atoms with Gasteiger partial charge in [-0.3, -0.25) is 0 Å². The molecule has 1 aromatic carbocycles. The highest BCUT2D eigenvalue weighted by Gasteiger charge is 2.42. The predicted molar refractivity (Wildman–Crippen MR) is 45.8 cm³/mol. The molecule has 12 heavy (non-hydrogen) atoms. The molecule has 2 rings (SSSR count). The molecule has 1 heterocycles. The molecule has 2 unspecified atom stereocenters. The van der Waals surface area contributed by atoms with Gasteiger partial charge in [0.05, 0.1) is 6.61 Å². The van der Waals surface area contributed by atoms with E-state index in [-0.39, 0.29) is 6.10 Å². The third-order valence-corrected chi connectivity index (χ3v) is 2.32. The molecule has 0 bridgehead atoms. The van der Waals surface area contributed by atoms with Gasteiger partial charge in [0.1, 0.15) is 11.7 Å². The molecule has 2 nitrogen and oxygen atoms in total. The standard InChI is InChI=1S/C10H12O2/c1-10(11,9-7-12-9)8-5-3-2-4-6-8/h2-6,9,11H,7H2,1H3. The van der Waals surface area contributed by atoms with Gasteiger partial charge in [0.15, 0.2) is 0 Å². The zero-order valence-electron chi connectivity index (χ0n) is 7.03. The monoisotopic (exact) mass is 164 g/mol. The second-order valence-corrected chi connectivity index (χ2v) is 3.34. The summed E-state index contributed by atoms with van der Waals surface area (Å²) >= 11 is 0. The molecule has 0 saturated carbocycles. The van der Waals surface area contributed by atoms with Gasteiger partial charge >= 0.3 is 0 Å². The van der Waals surface area contributed by atoms with Crippen LogP contribution in [0.15, 0.2) is 30.3 Å². The van der Waals surface area contributed by atoms with Crippen LogP contribution in [0.3, 0.4) is 0 Å². The summed E-state index contributed by atoms with van der Waals surface area (Å²) < 4.78 is 5.08. The minimum atomic E-state index is -0.818. The Labute approximate surface area is 71.8 Å². The van der Waals surface area contributed by atoms with Crippen LogP contribution in [0.25, 0.3) is 0 Å². The summed E-state index contributed by atoms with van der Waals surface area (Å²) in [5, 5.41) is 10.0. The lowest BCUT2D eigenvalue weighted by molar-refractivity contribution is 0.0260. The van der Waals surface area contributed by atoms with Crippen molar-refractivity contribution < 1.29 is 9.84 Å². The van der Waals surface area contributed by atoms with E-state index in [1.54, 1.807) is 6.92 Å². The van der Waals surface area contributed by atoms with Gasteiger partial charge < -0.3 is 9.84 Å². The Morgan fingerprint density at radius 3 is 2.50 bits per heavy atom.